The molecule has 0 aliphatic carbocycles. The number of carbonyl (C=O) groups excluding carboxylic acids is 1. The van der Waals surface area contributed by atoms with E-state index in [-0.39, 0.29) is 12.4 Å². The zero-order chi connectivity index (χ0) is 15.2. The number of rotatable bonds is 6. The van der Waals surface area contributed by atoms with Gasteiger partial charge < -0.3 is 15.0 Å². The van der Waals surface area contributed by atoms with Crippen LogP contribution in [-0.2, 0) is 9.53 Å². The summed E-state index contributed by atoms with van der Waals surface area (Å²) in [6, 6.07) is 0. The maximum atomic E-state index is 12.5. The van der Waals surface area contributed by atoms with Crippen molar-refractivity contribution in [3.8, 4) is 0 Å². The lowest BCUT2D eigenvalue weighted by atomic mass is 9.97. The zero-order valence-corrected chi connectivity index (χ0v) is 15.0. The van der Waals surface area contributed by atoms with Gasteiger partial charge in [-0.05, 0) is 57.5 Å². The molecule has 3 fully saturated rings. The van der Waals surface area contributed by atoms with E-state index in [1.54, 1.807) is 0 Å². The Morgan fingerprint density at radius 3 is 2.48 bits per heavy atom. The Morgan fingerprint density at radius 1 is 1.09 bits per heavy atom. The fraction of sp³-hybridized carbons (Fsp3) is 0.941. The standard InChI is InChI=1S/C17H31N3O2.ClH/c21-17(20-9-1-2-10-20)14-19(13-16-4-3-11-22-16)12-15-5-7-18-8-6-15;/h15-16,18H,1-14H2;1H. The lowest BCUT2D eigenvalue weighted by molar-refractivity contribution is -0.131. The second kappa shape index (κ2) is 9.82. The molecule has 1 N–H and O–H groups in total. The van der Waals surface area contributed by atoms with Gasteiger partial charge in [0, 0.05) is 32.8 Å². The zero-order valence-electron chi connectivity index (χ0n) is 14.2. The molecular formula is C17H32ClN3O2. The Morgan fingerprint density at radius 2 is 1.83 bits per heavy atom. The van der Waals surface area contributed by atoms with Gasteiger partial charge in [0.2, 0.25) is 5.91 Å². The van der Waals surface area contributed by atoms with Gasteiger partial charge in [-0.15, -0.1) is 12.4 Å². The molecule has 0 aromatic heterocycles. The molecule has 6 heteroatoms. The maximum absolute atomic E-state index is 12.5. The Balaban J connectivity index is 0.00000192. The van der Waals surface area contributed by atoms with Gasteiger partial charge in [0.05, 0.1) is 12.6 Å². The summed E-state index contributed by atoms with van der Waals surface area (Å²) in [5, 5.41) is 3.43. The predicted octanol–water partition coefficient (Wildman–Crippen LogP) is 1.51. The predicted molar refractivity (Wildman–Crippen MR) is 94.1 cm³/mol. The Kier molecular flexibility index (Phi) is 8.10. The van der Waals surface area contributed by atoms with Gasteiger partial charge >= 0.3 is 0 Å². The monoisotopic (exact) mass is 345 g/mol. The molecule has 0 saturated carbocycles. The fourth-order valence-electron chi connectivity index (χ4n) is 3.97. The summed E-state index contributed by atoms with van der Waals surface area (Å²) < 4.78 is 5.80. The summed E-state index contributed by atoms with van der Waals surface area (Å²) in [7, 11) is 0. The van der Waals surface area contributed by atoms with Crippen LogP contribution in [0.2, 0.25) is 0 Å². The van der Waals surface area contributed by atoms with Crippen LogP contribution in [0.1, 0.15) is 38.5 Å². The molecule has 5 nitrogen and oxygen atoms in total. The van der Waals surface area contributed by atoms with Crippen LogP contribution in [0.4, 0.5) is 0 Å². The quantitative estimate of drug-likeness (QED) is 0.792. The number of hydrogen-bond acceptors (Lipinski definition) is 4. The number of amides is 1. The molecule has 3 saturated heterocycles. The molecule has 0 aromatic rings. The van der Waals surface area contributed by atoms with Crippen LogP contribution < -0.4 is 5.32 Å². The Bertz CT molecular complexity index is 352. The average Bonchev–Trinajstić information content (AvgIpc) is 3.21. The minimum absolute atomic E-state index is 0. The molecule has 1 unspecified atom stereocenters. The van der Waals surface area contributed by atoms with E-state index in [4.69, 9.17) is 4.74 Å². The van der Waals surface area contributed by atoms with E-state index in [0.29, 0.717) is 18.6 Å². The van der Waals surface area contributed by atoms with E-state index in [0.717, 1.165) is 58.2 Å². The third-order valence-electron chi connectivity index (χ3n) is 5.28. The van der Waals surface area contributed by atoms with Crippen molar-refractivity contribution in [3.05, 3.63) is 0 Å². The molecule has 0 aromatic carbocycles. The molecule has 23 heavy (non-hydrogen) atoms. The van der Waals surface area contributed by atoms with Gasteiger partial charge in [-0.25, -0.2) is 0 Å². The van der Waals surface area contributed by atoms with Crippen molar-refractivity contribution < 1.29 is 9.53 Å². The molecular weight excluding hydrogens is 314 g/mol. The first-order valence-electron chi connectivity index (χ1n) is 9.14. The molecule has 1 amide bonds. The number of piperidine rings is 1. The van der Waals surface area contributed by atoms with Gasteiger partial charge in [-0.2, -0.15) is 0 Å². The summed E-state index contributed by atoms with van der Waals surface area (Å²) in [5.74, 6) is 1.05. The molecule has 0 spiro atoms. The van der Waals surface area contributed by atoms with Crippen LogP contribution in [0, 0.1) is 5.92 Å². The lowest BCUT2D eigenvalue weighted by Gasteiger charge is -2.32. The first-order valence-corrected chi connectivity index (χ1v) is 9.14. The van der Waals surface area contributed by atoms with Crippen molar-refractivity contribution in [2.45, 2.75) is 44.6 Å². The van der Waals surface area contributed by atoms with E-state index < -0.39 is 0 Å². The molecule has 1 atom stereocenters. The number of hydrogen-bond donors (Lipinski definition) is 1. The van der Waals surface area contributed by atoms with Crippen LogP contribution >= 0.6 is 12.4 Å². The van der Waals surface area contributed by atoms with E-state index in [1.165, 1.54) is 32.1 Å². The highest BCUT2D eigenvalue weighted by atomic mass is 35.5. The minimum Gasteiger partial charge on any atom is -0.377 e. The lowest BCUT2D eigenvalue weighted by Crippen LogP contribution is -2.45. The van der Waals surface area contributed by atoms with Crippen molar-refractivity contribution >= 4 is 18.3 Å². The molecule has 0 radical (unpaired) electrons. The van der Waals surface area contributed by atoms with Crippen LogP contribution in [0.5, 0.6) is 0 Å². The molecule has 3 aliphatic rings. The van der Waals surface area contributed by atoms with Gasteiger partial charge in [0.1, 0.15) is 0 Å². The van der Waals surface area contributed by atoms with Crippen LogP contribution in [0.15, 0.2) is 0 Å². The SMILES string of the molecule is Cl.O=C(CN(CC1CCNCC1)CC1CCCO1)N1CCCC1. The van der Waals surface area contributed by atoms with Crippen molar-refractivity contribution in [1.82, 2.24) is 15.1 Å². The number of nitrogens with zero attached hydrogens (tertiary/aromatic N) is 2. The normalized spacial score (nSPS) is 25.8. The third-order valence-corrected chi connectivity index (χ3v) is 5.28. The third kappa shape index (κ3) is 5.89. The largest absolute Gasteiger partial charge is 0.377 e. The smallest absolute Gasteiger partial charge is 0.236 e. The van der Waals surface area contributed by atoms with Crippen molar-refractivity contribution in [2.24, 2.45) is 5.92 Å². The Hall–Kier alpha value is -0.360. The van der Waals surface area contributed by atoms with Crippen LogP contribution in [0.3, 0.4) is 0 Å². The fourth-order valence-corrected chi connectivity index (χ4v) is 3.97. The number of carbonyl (C=O) groups is 1. The van der Waals surface area contributed by atoms with Crippen molar-refractivity contribution in [2.75, 3.05) is 52.4 Å². The van der Waals surface area contributed by atoms with E-state index in [2.05, 4.69) is 10.2 Å². The van der Waals surface area contributed by atoms with Gasteiger partial charge in [0.15, 0.2) is 0 Å². The van der Waals surface area contributed by atoms with Crippen LogP contribution in [-0.4, -0.2) is 74.2 Å². The Labute approximate surface area is 146 Å². The first-order chi connectivity index (χ1) is 10.8. The van der Waals surface area contributed by atoms with Gasteiger partial charge in [-0.3, -0.25) is 9.69 Å². The molecule has 0 bridgehead atoms. The van der Waals surface area contributed by atoms with Gasteiger partial charge in [0.25, 0.3) is 0 Å². The van der Waals surface area contributed by atoms with Crippen LogP contribution in [0.25, 0.3) is 0 Å². The van der Waals surface area contributed by atoms with Crippen molar-refractivity contribution in [1.29, 1.82) is 0 Å². The maximum Gasteiger partial charge on any atom is 0.236 e. The first kappa shape index (κ1) is 19.0. The molecule has 3 aliphatic heterocycles. The summed E-state index contributed by atoms with van der Waals surface area (Å²) in [4.78, 5) is 16.9. The highest BCUT2D eigenvalue weighted by Gasteiger charge is 2.26. The minimum atomic E-state index is 0. The van der Waals surface area contributed by atoms with E-state index >= 15 is 0 Å². The highest BCUT2D eigenvalue weighted by Crippen LogP contribution is 2.18. The van der Waals surface area contributed by atoms with Crippen molar-refractivity contribution in [3.63, 3.8) is 0 Å². The summed E-state index contributed by atoms with van der Waals surface area (Å²) in [5.41, 5.74) is 0. The molecule has 3 heterocycles. The summed E-state index contributed by atoms with van der Waals surface area (Å²) >= 11 is 0. The number of likely N-dealkylation sites (tertiary alicyclic amines) is 1. The summed E-state index contributed by atoms with van der Waals surface area (Å²) in [6.45, 7) is 7.64. The van der Waals surface area contributed by atoms with E-state index in [1.807, 2.05) is 4.90 Å². The topological polar surface area (TPSA) is 44.8 Å². The van der Waals surface area contributed by atoms with Gasteiger partial charge in [-0.1, -0.05) is 0 Å². The second-order valence-electron chi connectivity index (χ2n) is 7.11. The number of ether oxygens (including phenoxy) is 1. The van der Waals surface area contributed by atoms with E-state index in [9.17, 15) is 4.79 Å². The highest BCUT2D eigenvalue weighted by molar-refractivity contribution is 5.85. The number of halogens is 1. The molecule has 134 valence electrons. The number of nitrogens with one attached hydrogen (secondary N) is 1. The second-order valence-corrected chi connectivity index (χ2v) is 7.11. The summed E-state index contributed by atoms with van der Waals surface area (Å²) in [6.07, 6.45) is 7.48. The average molecular weight is 346 g/mol. The molecule has 3 rings (SSSR count).